The summed E-state index contributed by atoms with van der Waals surface area (Å²) >= 11 is 0. The molecule has 0 fully saturated rings. The second-order valence-electron chi connectivity index (χ2n) is 11.7. The molecular weight excluding hydrogens is 516 g/mol. The predicted molar refractivity (Wildman–Crippen MR) is 162 cm³/mol. The summed E-state index contributed by atoms with van der Waals surface area (Å²) in [5, 5.41) is 14.0. The second-order valence-corrected chi connectivity index (χ2v) is 11.7. The van der Waals surface area contributed by atoms with E-state index in [0.717, 1.165) is 50.5 Å². The summed E-state index contributed by atoms with van der Waals surface area (Å²) < 4.78 is 0. The van der Waals surface area contributed by atoms with Crippen molar-refractivity contribution in [3.8, 4) is 0 Å². The monoisotopic (exact) mass is 562 g/mol. The van der Waals surface area contributed by atoms with Crippen LogP contribution in [0.2, 0.25) is 0 Å². The second kappa shape index (κ2) is 13.9. The van der Waals surface area contributed by atoms with Crippen molar-refractivity contribution in [3.05, 3.63) is 64.7 Å². The van der Waals surface area contributed by atoms with Crippen LogP contribution in [0.5, 0.6) is 0 Å². The molecule has 222 valence electrons. The minimum Gasteiger partial charge on any atom is -0.480 e. The number of Topliss-reactive ketones (excluding diaryl/α,β-unsaturated/α-hetero) is 2. The number of nitrogens with two attached hydrogens (primary N) is 1. The number of unbranched alkanes of at least 4 members (excludes halogenated alkanes) is 7. The maximum Gasteiger partial charge on any atom is 0.317 e. The van der Waals surface area contributed by atoms with Crippen LogP contribution < -0.4 is 11.1 Å². The number of aliphatic carboxylic acids is 1. The van der Waals surface area contributed by atoms with Crippen LogP contribution in [0.25, 0.3) is 0 Å². The van der Waals surface area contributed by atoms with Gasteiger partial charge in [0.2, 0.25) is 11.7 Å². The molecule has 0 saturated heterocycles. The fourth-order valence-electron chi connectivity index (χ4n) is 6.19. The van der Waals surface area contributed by atoms with Gasteiger partial charge in [-0.3, -0.25) is 19.2 Å². The Balaban J connectivity index is 2.27. The minimum absolute atomic E-state index is 0.00599. The zero-order chi connectivity index (χ0) is 30.2. The molecule has 1 amide bonds. The first-order valence-electron chi connectivity index (χ1n) is 15.2. The number of nitrogen functional groups attached to an aromatic ring is 1. The van der Waals surface area contributed by atoms with E-state index in [4.69, 9.17) is 5.73 Å². The van der Waals surface area contributed by atoms with Gasteiger partial charge in [-0.15, -0.1) is 0 Å². The Kier molecular flexibility index (Phi) is 10.9. The van der Waals surface area contributed by atoms with Gasteiger partial charge < -0.3 is 16.2 Å². The third-order valence-electron chi connectivity index (χ3n) is 8.54. The summed E-state index contributed by atoms with van der Waals surface area (Å²) in [4.78, 5) is 56.4. The largest absolute Gasteiger partial charge is 0.480 e. The van der Waals surface area contributed by atoms with E-state index < -0.39 is 34.4 Å². The number of ketones is 2. The third-order valence-corrected chi connectivity index (χ3v) is 8.54. The molecule has 3 rings (SSSR count). The number of benzene rings is 2. The van der Waals surface area contributed by atoms with Crippen LogP contribution in [-0.4, -0.2) is 34.1 Å². The summed E-state index contributed by atoms with van der Waals surface area (Å²) in [6.45, 7) is 8.17. The fourth-order valence-corrected chi connectivity index (χ4v) is 6.19. The zero-order valence-electron chi connectivity index (χ0n) is 25.1. The first-order valence-corrected chi connectivity index (χ1v) is 15.2. The molecule has 7 nitrogen and oxygen atoms in total. The predicted octanol–water partition coefficient (Wildman–Crippen LogP) is 6.98. The molecule has 2 unspecified atom stereocenters. The number of carboxylic acids is 1. The average molecular weight is 563 g/mol. The molecule has 0 bridgehead atoms. The van der Waals surface area contributed by atoms with Gasteiger partial charge in [-0.05, 0) is 36.0 Å². The van der Waals surface area contributed by atoms with E-state index in [1.165, 1.54) is 12.1 Å². The van der Waals surface area contributed by atoms with Crippen LogP contribution in [0.15, 0.2) is 42.5 Å². The van der Waals surface area contributed by atoms with E-state index in [-0.39, 0.29) is 35.6 Å². The van der Waals surface area contributed by atoms with Gasteiger partial charge in [0.1, 0.15) is 5.41 Å². The lowest BCUT2D eigenvalue weighted by Crippen LogP contribution is -2.71. The highest BCUT2D eigenvalue weighted by atomic mass is 16.4. The molecule has 41 heavy (non-hydrogen) atoms. The molecule has 2 aromatic carbocycles. The smallest absolute Gasteiger partial charge is 0.317 e. The van der Waals surface area contributed by atoms with Crippen molar-refractivity contribution in [1.29, 1.82) is 0 Å². The van der Waals surface area contributed by atoms with E-state index in [0.29, 0.717) is 18.4 Å². The van der Waals surface area contributed by atoms with E-state index in [1.807, 2.05) is 19.9 Å². The molecule has 0 spiro atoms. The molecule has 0 radical (unpaired) electrons. The highest BCUT2D eigenvalue weighted by Crippen LogP contribution is 2.49. The zero-order valence-corrected chi connectivity index (χ0v) is 25.1. The fraction of sp³-hybridized carbons (Fsp3) is 0.529. The van der Waals surface area contributed by atoms with Gasteiger partial charge in [-0.25, -0.2) is 0 Å². The highest BCUT2D eigenvalue weighted by molar-refractivity contribution is 6.38. The van der Waals surface area contributed by atoms with Crippen LogP contribution in [0.3, 0.4) is 0 Å². The van der Waals surface area contributed by atoms with Crippen molar-refractivity contribution in [2.24, 2.45) is 0 Å². The Bertz CT molecular complexity index is 1270. The van der Waals surface area contributed by atoms with Gasteiger partial charge in [-0.2, -0.15) is 0 Å². The van der Waals surface area contributed by atoms with E-state index in [9.17, 15) is 24.3 Å². The SMILES string of the molecule is CCCCCCCC(=O)NC1(C(CCCCCC)(C(=O)O)c2cccc(C(C)C)c2)C(=O)c2cccc(N)c2C1=O. The third kappa shape index (κ3) is 6.09. The number of hydrogen-bond donors (Lipinski definition) is 3. The van der Waals surface area contributed by atoms with Gasteiger partial charge in [-0.1, -0.05) is 115 Å². The van der Waals surface area contributed by atoms with Gasteiger partial charge in [0, 0.05) is 17.7 Å². The van der Waals surface area contributed by atoms with Gasteiger partial charge in [0.05, 0.1) is 5.56 Å². The molecule has 0 heterocycles. The lowest BCUT2D eigenvalue weighted by molar-refractivity contribution is -0.147. The van der Waals surface area contributed by atoms with Crippen LogP contribution in [-0.2, 0) is 15.0 Å². The number of carbonyl (C=O) groups excluding carboxylic acids is 3. The highest BCUT2D eigenvalue weighted by Gasteiger charge is 2.70. The number of carboxylic acid groups (broad SMARTS) is 1. The van der Waals surface area contributed by atoms with E-state index in [1.54, 1.807) is 24.3 Å². The normalized spacial score (nSPS) is 17.9. The van der Waals surface area contributed by atoms with Crippen molar-refractivity contribution in [2.45, 2.75) is 115 Å². The molecule has 1 aliphatic carbocycles. The Morgan fingerprint density at radius 3 is 2.15 bits per heavy atom. The Labute approximate surface area is 244 Å². The topological polar surface area (TPSA) is 127 Å². The first-order chi connectivity index (χ1) is 19.6. The summed E-state index contributed by atoms with van der Waals surface area (Å²) in [6.07, 6.45) is 7.63. The quantitative estimate of drug-likeness (QED) is 0.115. The van der Waals surface area contributed by atoms with Crippen molar-refractivity contribution < 1.29 is 24.3 Å². The lowest BCUT2D eigenvalue weighted by atomic mass is 9.59. The molecule has 1 aliphatic rings. The van der Waals surface area contributed by atoms with Crippen molar-refractivity contribution in [3.63, 3.8) is 0 Å². The van der Waals surface area contributed by atoms with E-state index in [2.05, 4.69) is 19.2 Å². The number of amides is 1. The maximum atomic E-state index is 14.6. The molecule has 0 aliphatic heterocycles. The van der Waals surface area contributed by atoms with Crippen LogP contribution in [0.1, 0.15) is 136 Å². The lowest BCUT2D eigenvalue weighted by Gasteiger charge is -2.44. The maximum absolute atomic E-state index is 14.6. The summed E-state index contributed by atoms with van der Waals surface area (Å²) in [6, 6.07) is 11.7. The molecule has 7 heteroatoms. The summed E-state index contributed by atoms with van der Waals surface area (Å²) in [7, 11) is 0. The molecule has 2 atom stereocenters. The number of fused-ring (bicyclic) bond motifs is 1. The van der Waals surface area contributed by atoms with Crippen LogP contribution in [0, 0.1) is 0 Å². The van der Waals surface area contributed by atoms with Crippen LogP contribution >= 0.6 is 0 Å². The molecule has 0 saturated carbocycles. The summed E-state index contributed by atoms with van der Waals surface area (Å²) in [5.41, 5.74) is 3.19. The van der Waals surface area contributed by atoms with Crippen LogP contribution in [0.4, 0.5) is 5.69 Å². The average Bonchev–Trinajstić information content (AvgIpc) is 3.16. The minimum atomic E-state index is -2.36. The standard InChI is InChI=1S/C34H46N2O5/c1-5-7-9-11-12-20-28(37)36-34(30(38)26-18-15-19-27(35)29(26)31(34)39)33(32(40)41,21-13-10-8-6-2)25-17-14-16-24(22-25)23(3)4/h14-19,22-23H,5-13,20-21,35H2,1-4H3,(H,36,37)(H,40,41). The molecule has 2 aromatic rings. The molecule has 0 aromatic heterocycles. The van der Waals surface area contributed by atoms with Crippen molar-refractivity contribution in [1.82, 2.24) is 5.32 Å². The first kappa shape index (κ1) is 32.0. The number of nitrogens with one attached hydrogen (secondary N) is 1. The number of anilines is 1. The molecule has 4 N–H and O–H groups in total. The van der Waals surface area contributed by atoms with E-state index >= 15 is 0 Å². The van der Waals surface area contributed by atoms with Gasteiger partial charge in [0.25, 0.3) is 0 Å². The summed E-state index contributed by atoms with van der Waals surface area (Å²) in [5.74, 6) is -3.20. The van der Waals surface area contributed by atoms with Crippen molar-refractivity contribution in [2.75, 3.05) is 5.73 Å². The Morgan fingerprint density at radius 2 is 1.54 bits per heavy atom. The van der Waals surface area contributed by atoms with Crippen molar-refractivity contribution >= 4 is 29.1 Å². The van der Waals surface area contributed by atoms with Gasteiger partial charge in [0.15, 0.2) is 11.3 Å². The Morgan fingerprint density at radius 1 is 0.902 bits per heavy atom. The number of carbonyl (C=O) groups is 4. The molecular formula is C34H46N2O5. The number of rotatable bonds is 16. The van der Waals surface area contributed by atoms with Gasteiger partial charge >= 0.3 is 5.97 Å². The Hall–Kier alpha value is -3.48. The number of hydrogen-bond acceptors (Lipinski definition) is 5.